The molecule has 1 aromatic heterocycles. The summed E-state index contributed by atoms with van der Waals surface area (Å²) in [5.41, 5.74) is 0.863. The van der Waals surface area contributed by atoms with E-state index in [0.29, 0.717) is 24.8 Å². The fraction of sp³-hybridized carbons (Fsp3) is 0.375. The first-order valence-electron chi connectivity index (χ1n) is 7.66. The Hall–Kier alpha value is -2.90. The van der Waals surface area contributed by atoms with Crippen LogP contribution in [0.25, 0.3) is 11.5 Å². The summed E-state index contributed by atoms with van der Waals surface area (Å²) in [6.07, 6.45) is 0.749. The van der Waals surface area contributed by atoms with Crippen LogP contribution in [0.15, 0.2) is 34.9 Å². The second kappa shape index (κ2) is 7.12. The van der Waals surface area contributed by atoms with Crippen molar-refractivity contribution in [2.24, 2.45) is 0 Å². The van der Waals surface area contributed by atoms with Crippen molar-refractivity contribution < 1.29 is 18.8 Å². The quantitative estimate of drug-likeness (QED) is 0.851. The molecule has 1 saturated heterocycles. The fourth-order valence-corrected chi connectivity index (χ4v) is 2.59. The average molecular weight is 330 g/mol. The van der Waals surface area contributed by atoms with Gasteiger partial charge in [0.2, 0.25) is 0 Å². The van der Waals surface area contributed by atoms with E-state index >= 15 is 0 Å². The van der Waals surface area contributed by atoms with Crippen molar-refractivity contribution in [3.05, 3.63) is 36.2 Å². The number of carbonyl (C=O) groups excluding carboxylic acids is 2. The lowest BCUT2D eigenvalue weighted by Crippen LogP contribution is -2.41. The first-order chi connectivity index (χ1) is 11.7. The number of aromatic nitrogens is 2. The van der Waals surface area contributed by atoms with E-state index in [-0.39, 0.29) is 18.5 Å². The summed E-state index contributed by atoms with van der Waals surface area (Å²) in [6, 6.07) is 9.24. The van der Waals surface area contributed by atoms with Gasteiger partial charge in [0.05, 0.1) is 7.11 Å². The van der Waals surface area contributed by atoms with E-state index in [1.54, 1.807) is 4.90 Å². The Morgan fingerprint density at radius 3 is 2.92 bits per heavy atom. The van der Waals surface area contributed by atoms with E-state index in [0.717, 1.165) is 12.0 Å². The number of hydrogen-bond donors (Lipinski definition) is 1. The van der Waals surface area contributed by atoms with Gasteiger partial charge in [-0.05, 0) is 18.6 Å². The smallest absolute Gasteiger partial charge is 0.325 e. The number of esters is 1. The van der Waals surface area contributed by atoms with Crippen LogP contribution >= 0.6 is 0 Å². The van der Waals surface area contributed by atoms with Gasteiger partial charge in [-0.25, -0.2) is 4.79 Å². The molecule has 0 unspecified atom stereocenters. The molecule has 3 rings (SSSR count). The number of amides is 2. The van der Waals surface area contributed by atoms with E-state index in [4.69, 9.17) is 4.52 Å². The summed E-state index contributed by atoms with van der Waals surface area (Å²) >= 11 is 0. The predicted octanol–water partition coefficient (Wildman–Crippen LogP) is 1.41. The van der Waals surface area contributed by atoms with Crippen molar-refractivity contribution in [3.8, 4) is 11.5 Å². The van der Waals surface area contributed by atoms with Crippen LogP contribution in [0.1, 0.15) is 18.2 Å². The molecule has 126 valence electrons. The molecular formula is C16H18N4O4. The van der Waals surface area contributed by atoms with Crippen molar-refractivity contribution >= 4 is 12.0 Å². The van der Waals surface area contributed by atoms with Gasteiger partial charge in [0.15, 0.2) is 5.82 Å². The third kappa shape index (κ3) is 3.53. The Morgan fingerprint density at radius 2 is 2.17 bits per heavy atom. The number of nitrogens with zero attached hydrogens (tertiary/aromatic N) is 3. The van der Waals surface area contributed by atoms with Crippen molar-refractivity contribution in [2.75, 3.05) is 26.7 Å². The van der Waals surface area contributed by atoms with Crippen LogP contribution in [-0.2, 0) is 9.53 Å². The number of ether oxygens (including phenoxy) is 1. The van der Waals surface area contributed by atoms with E-state index < -0.39 is 5.97 Å². The van der Waals surface area contributed by atoms with E-state index in [1.807, 2.05) is 30.3 Å². The third-order valence-electron chi connectivity index (χ3n) is 3.91. The molecule has 0 spiro atoms. The molecule has 1 aliphatic rings. The van der Waals surface area contributed by atoms with Gasteiger partial charge in [0, 0.05) is 24.6 Å². The van der Waals surface area contributed by atoms with E-state index in [9.17, 15) is 9.59 Å². The molecule has 1 N–H and O–H groups in total. The summed E-state index contributed by atoms with van der Waals surface area (Å²) in [5, 5.41) is 6.56. The lowest BCUT2D eigenvalue weighted by atomic mass is 10.1. The SMILES string of the molecule is COC(=O)CNC(=O)N1CC[C@H](c2noc(-c3ccccc3)n2)C1. The first kappa shape index (κ1) is 16.0. The highest BCUT2D eigenvalue weighted by Crippen LogP contribution is 2.27. The summed E-state index contributed by atoms with van der Waals surface area (Å²) in [5.74, 6) is 0.608. The number of likely N-dealkylation sites (tertiary alicyclic amines) is 1. The molecule has 2 aromatic rings. The highest BCUT2D eigenvalue weighted by atomic mass is 16.5. The third-order valence-corrected chi connectivity index (χ3v) is 3.91. The molecule has 2 heterocycles. The van der Waals surface area contributed by atoms with Crippen LogP contribution in [0, 0.1) is 0 Å². The van der Waals surface area contributed by atoms with Crippen LogP contribution in [0.2, 0.25) is 0 Å². The number of rotatable bonds is 4. The molecule has 0 radical (unpaired) electrons. The van der Waals surface area contributed by atoms with Crippen LogP contribution in [0.4, 0.5) is 4.79 Å². The fourth-order valence-electron chi connectivity index (χ4n) is 2.59. The Morgan fingerprint density at radius 1 is 1.38 bits per heavy atom. The van der Waals surface area contributed by atoms with Crippen LogP contribution in [0.3, 0.4) is 0 Å². The topological polar surface area (TPSA) is 97.6 Å². The lowest BCUT2D eigenvalue weighted by molar-refractivity contribution is -0.139. The number of carbonyl (C=O) groups is 2. The van der Waals surface area contributed by atoms with Crippen molar-refractivity contribution in [2.45, 2.75) is 12.3 Å². The maximum Gasteiger partial charge on any atom is 0.325 e. The van der Waals surface area contributed by atoms with Crippen molar-refractivity contribution in [3.63, 3.8) is 0 Å². The minimum Gasteiger partial charge on any atom is -0.468 e. The zero-order valence-corrected chi connectivity index (χ0v) is 13.3. The lowest BCUT2D eigenvalue weighted by Gasteiger charge is -2.16. The minimum atomic E-state index is -0.482. The Labute approximate surface area is 138 Å². The van der Waals surface area contributed by atoms with Crippen LogP contribution in [0.5, 0.6) is 0 Å². The summed E-state index contributed by atoms with van der Waals surface area (Å²) < 4.78 is 9.80. The molecule has 0 aliphatic carbocycles. The molecule has 8 nitrogen and oxygen atoms in total. The van der Waals surface area contributed by atoms with Crippen LogP contribution < -0.4 is 5.32 Å². The van der Waals surface area contributed by atoms with Gasteiger partial charge in [-0.2, -0.15) is 4.98 Å². The molecule has 24 heavy (non-hydrogen) atoms. The van der Waals surface area contributed by atoms with E-state index in [2.05, 4.69) is 20.2 Å². The Kier molecular flexibility index (Phi) is 4.74. The highest BCUT2D eigenvalue weighted by molar-refractivity contribution is 5.81. The minimum absolute atomic E-state index is 0.0232. The van der Waals surface area contributed by atoms with Gasteiger partial charge in [-0.15, -0.1) is 0 Å². The number of nitrogens with one attached hydrogen (secondary N) is 1. The zero-order chi connectivity index (χ0) is 16.9. The molecule has 1 fully saturated rings. The Bertz CT molecular complexity index is 716. The monoisotopic (exact) mass is 330 g/mol. The van der Waals surface area contributed by atoms with Gasteiger partial charge in [0.1, 0.15) is 6.54 Å². The van der Waals surface area contributed by atoms with Gasteiger partial charge < -0.3 is 19.5 Å². The standard InChI is InChI=1S/C16H18N4O4/c1-23-13(21)9-17-16(22)20-8-7-12(10-20)14-18-15(24-19-14)11-5-3-2-4-6-11/h2-6,12H,7-10H2,1H3,(H,17,22)/t12-/m0/s1. The predicted molar refractivity (Wildman–Crippen MR) is 84.1 cm³/mol. The molecule has 1 aliphatic heterocycles. The largest absolute Gasteiger partial charge is 0.468 e. The molecule has 8 heteroatoms. The maximum absolute atomic E-state index is 12.0. The normalized spacial score (nSPS) is 16.9. The molecular weight excluding hydrogens is 312 g/mol. The van der Waals surface area contributed by atoms with Crippen molar-refractivity contribution in [1.82, 2.24) is 20.4 Å². The second-order valence-electron chi connectivity index (χ2n) is 5.49. The van der Waals surface area contributed by atoms with Gasteiger partial charge in [-0.1, -0.05) is 23.4 Å². The number of hydrogen-bond acceptors (Lipinski definition) is 6. The van der Waals surface area contributed by atoms with Gasteiger partial charge in [-0.3, -0.25) is 4.79 Å². The zero-order valence-electron chi connectivity index (χ0n) is 13.3. The molecule has 2 amide bonds. The Balaban J connectivity index is 1.59. The highest BCUT2D eigenvalue weighted by Gasteiger charge is 2.30. The molecule has 1 aromatic carbocycles. The molecule has 0 bridgehead atoms. The van der Waals surface area contributed by atoms with Gasteiger partial charge in [0.25, 0.3) is 5.89 Å². The average Bonchev–Trinajstić information content (AvgIpc) is 3.29. The second-order valence-corrected chi connectivity index (χ2v) is 5.49. The number of urea groups is 1. The number of benzene rings is 1. The van der Waals surface area contributed by atoms with E-state index in [1.165, 1.54) is 7.11 Å². The summed E-state index contributed by atoms with van der Waals surface area (Å²) in [6.45, 7) is 0.921. The molecule has 0 saturated carbocycles. The van der Waals surface area contributed by atoms with Crippen molar-refractivity contribution in [1.29, 1.82) is 0 Å². The first-order valence-corrected chi connectivity index (χ1v) is 7.66. The maximum atomic E-state index is 12.0. The molecule has 1 atom stereocenters. The van der Waals surface area contributed by atoms with Gasteiger partial charge >= 0.3 is 12.0 Å². The number of methoxy groups -OCH3 is 1. The van der Waals surface area contributed by atoms with Crippen LogP contribution in [-0.4, -0.2) is 53.8 Å². The summed E-state index contributed by atoms with van der Waals surface area (Å²) in [7, 11) is 1.28. The summed E-state index contributed by atoms with van der Waals surface area (Å²) in [4.78, 5) is 29.1.